The Morgan fingerprint density at radius 3 is 2.95 bits per heavy atom. The topological polar surface area (TPSA) is 50.7 Å². The fourth-order valence-corrected chi connectivity index (χ4v) is 1.64. The van der Waals surface area contributed by atoms with Gasteiger partial charge in [-0.2, -0.15) is 0 Å². The van der Waals surface area contributed by atoms with Crippen molar-refractivity contribution in [1.82, 2.24) is 5.32 Å². The van der Waals surface area contributed by atoms with Crippen LogP contribution in [0.3, 0.4) is 0 Å². The number of isothiocyanates is 1. The summed E-state index contributed by atoms with van der Waals surface area (Å²) in [6.45, 7) is 1.36. The largest absolute Gasteiger partial charge is 0.445 e. The summed E-state index contributed by atoms with van der Waals surface area (Å²) in [7, 11) is 0. The predicted molar refractivity (Wildman–Crippen MR) is 78.8 cm³/mol. The summed E-state index contributed by atoms with van der Waals surface area (Å²) < 4.78 is 5.05. The second-order valence-electron chi connectivity index (χ2n) is 3.77. The molecule has 0 saturated heterocycles. The van der Waals surface area contributed by atoms with Gasteiger partial charge in [0.2, 0.25) is 0 Å². The minimum atomic E-state index is -0.446. The molecule has 0 aromatic heterocycles. The van der Waals surface area contributed by atoms with Crippen LogP contribution in [0.2, 0.25) is 5.02 Å². The monoisotopic (exact) mass is 298 g/mol. The molecule has 0 spiro atoms. The molecule has 4 nitrogen and oxygen atoms in total. The number of thiocarbonyl (C=S) groups is 1. The lowest BCUT2D eigenvalue weighted by Gasteiger charge is -2.07. The van der Waals surface area contributed by atoms with Gasteiger partial charge in [0, 0.05) is 23.7 Å². The third kappa shape index (κ3) is 6.91. The Morgan fingerprint density at radius 1 is 1.42 bits per heavy atom. The van der Waals surface area contributed by atoms with Crippen LogP contribution in [-0.4, -0.2) is 24.3 Å². The molecule has 0 saturated carbocycles. The smallest absolute Gasteiger partial charge is 0.407 e. The summed E-state index contributed by atoms with van der Waals surface area (Å²) in [5, 5.41) is 5.54. The van der Waals surface area contributed by atoms with Crippen LogP contribution in [-0.2, 0) is 11.3 Å². The molecular formula is C13H15ClN2O2S. The van der Waals surface area contributed by atoms with E-state index >= 15 is 0 Å². The molecule has 0 bridgehead atoms. The number of carbonyl (C=O) groups excluding carboxylic acids is 1. The molecule has 1 aromatic rings. The summed E-state index contributed by atoms with van der Waals surface area (Å²) in [5.74, 6) is 0. The highest BCUT2D eigenvalue weighted by atomic mass is 35.5. The first kappa shape index (κ1) is 15.6. The Kier molecular flexibility index (Phi) is 7.82. The molecule has 1 rings (SSSR count). The van der Waals surface area contributed by atoms with Gasteiger partial charge in [0.1, 0.15) is 6.61 Å². The van der Waals surface area contributed by atoms with Gasteiger partial charge >= 0.3 is 6.09 Å². The first-order valence-electron chi connectivity index (χ1n) is 5.91. The second kappa shape index (κ2) is 9.50. The van der Waals surface area contributed by atoms with E-state index < -0.39 is 6.09 Å². The van der Waals surface area contributed by atoms with Crippen LogP contribution in [0.25, 0.3) is 0 Å². The van der Waals surface area contributed by atoms with Crippen molar-refractivity contribution in [2.75, 3.05) is 13.1 Å². The number of ether oxygens (including phenoxy) is 1. The lowest BCUT2D eigenvalue weighted by molar-refractivity contribution is 0.139. The summed E-state index contributed by atoms with van der Waals surface area (Å²) in [4.78, 5) is 15.2. The van der Waals surface area contributed by atoms with E-state index in [0.717, 1.165) is 18.4 Å². The third-order valence-electron chi connectivity index (χ3n) is 2.35. The van der Waals surface area contributed by atoms with Gasteiger partial charge in [-0.25, -0.2) is 9.79 Å². The number of hydrogen-bond donors (Lipinski definition) is 1. The zero-order valence-electron chi connectivity index (χ0n) is 10.4. The lowest BCUT2D eigenvalue weighted by atomic mass is 10.2. The molecule has 1 N–H and O–H groups in total. The summed E-state index contributed by atoms with van der Waals surface area (Å²) in [6.07, 6.45) is 1.23. The molecule has 0 fully saturated rings. The third-order valence-corrected chi connectivity index (χ3v) is 2.85. The van der Waals surface area contributed by atoms with Crippen molar-refractivity contribution in [1.29, 1.82) is 0 Å². The lowest BCUT2D eigenvalue weighted by Crippen LogP contribution is -2.25. The fraction of sp³-hybridized carbons (Fsp3) is 0.385. The van der Waals surface area contributed by atoms with Crippen LogP contribution < -0.4 is 5.32 Å². The van der Waals surface area contributed by atoms with Gasteiger partial charge in [-0.1, -0.05) is 29.8 Å². The van der Waals surface area contributed by atoms with Crippen molar-refractivity contribution in [2.45, 2.75) is 19.4 Å². The van der Waals surface area contributed by atoms with Crippen LogP contribution in [0.15, 0.2) is 29.3 Å². The summed E-state index contributed by atoms with van der Waals surface area (Å²) in [5.41, 5.74) is 0.787. The minimum absolute atomic E-state index is 0.167. The number of alkyl carbamates (subject to hydrolysis) is 1. The number of amides is 1. The van der Waals surface area contributed by atoms with Crippen molar-refractivity contribution in [2.24, 2.45) is 4.99 Å². The fourth-order valence-electron chi connectivity index (χ4n) is 1.36. The molecule has 0 aliphatic heterocycles. The number of halogens is 1. The standard InChI is InChI=1S/C13H15ClN2O2S/c14-12-6-2-1-5-11(12)9-18-13(17)16-8-4-3-7-15-10-19/h1-2,5-6H,3-4,7-9H2,(H,16,17). The second-order valence-corrected chi connectivity index (χ2v) is 4.36. The zero-order valence-corrected chi connectivity index (χ0v) is 12.0. The van der Waals surface area contributed by atoms with Crippen molar-refractivity contribution in [3.05, 3.63) is 34.9 Å². The minimum Gasteiger partial charge on any atom is -0.445 e. The molecule has 0 heterocycles. The molecule has 0 atom stereocenters. The molecule has 1 aromatic carbocycles. The number of aliphatic imine (C=N–C) groups is 1. The van der Waals surface area contributed by atoms with E-state index in [4.69, 9.17) is 16.3 Å². The number of unbranched alkanes of at least 4 members (excludes halogenated alkanes) is 1. The van der Waals surface area contributed by atoms with E-state index in [1.54, 1.807) is 6.07 Å². The normalized spacial score (nSPS) is 9.53. The van der Waals surface area contributed by atoms with E-state index in [9.17, 15) is 4.79 Å². The number of hydrogen-bond acceptors (Lipinski definition) is 4. The number of benzene rings is 1. The quantitative estimate of drug-likeness (QED) is 0.476. The molecule has 0 aliphatic rings. The van der Waals surface area contributed by atoms with Crippen molar-refractivity contribution >= 4 is 35.1 Å². The summed E-state index contributed by atoms with van der Waals surface area (Å²) >= 11 is 10.4. The predicted octanol–water partition coefficient (Wildman–Crippen LogP) is 3.45. The van der Waals surface area contributed by atoms with Gasteiger partial charge in [0.25, 0.3) is 0 Å². The van der Waals surface area contributed by atoms with Crippen molar-refractivity contribution in [3.8, 4) is 0 Å². The van der Waals surface area contributed by atoms with Gasteiger partial charge in [-0.15, -0.1) is 0 Å². The maximum atomic E-state index is 11.4. The van der Waals surface area contributed by atoms with Crippen LogP contribution in [0.5, 0.6) is 0 Å². The average Bonchev–Trinajstić information content (AvgIpc) is 2.42. The first-order valence-corrected chi connectivity index (χ1v) is 6.70. The Labute approximate surface area is 122 Å². The molecule has 0 unspecified atom stereocenters. The highest BCUT2D eigenvalue weighted by Crippen LogP contribution is 2.15. The van der Waals surface area contributed by atoms with Crippen LogP contribution in [0.4, 0.5) is 4.79 Å². The van der Waals surface area contributed by atoms with Gasteiger partial charge < -0.3 is 10.1 Å². The SMILES string of the molecule is O=C(NCCCCN=C=S)OCc1ccccc1Cl. The van der Waals surface area contributed by atoms with E-state index in [0.29, 0.717) is 18.1 Å². The first-order chi connectivity index (χ1) is 9.24. The van der Waals surface area contributed by atoms with E-state index in [-0.39, 0.29) is 6.61 Å². The van der Waals surface area contributed by atoms with Gasteiger partial charge in [0.15, 0.2) is 0 Å². The number of carbonyl (C=O) groups is 1. The molecule has 0 aliphatic carbocycles. The van der Waals surface area contributed by atoms with Crippen LogP contribution in [0, 0.1) is 0 Å². The highest BCUT2D eigenvalue weighted by Gasteiger charge is 2.04. The number of rotatable bonds is 7. The number of nitrogens with zero attached hydrogens (tertiary/aromatic N) is 1. The average molecular weight is 299 g/mol. The van der Waals surface area contributed by atoms with E-state index in [1.165, 1.54) is 0 Å². The summed E-state index contributed by atoms with van der Waals surface area (Å²) in [6, 6.07) is 7.25. The van der Waals surface area contributed by atoms with E-state index in [2.05, 4.69) is 27.7 Å². The molecule has 6 heteroatoms. The maximum Gasteiger partial charge on any atom is 0.407 e. The molecule has 102 valence electrons. The number of nitrogens with one attached hydrogen (secondary N) is 1. The van der Waals surface area contributed by atoms with Crippen molar-refractivity contribution in [3.63, 3.8) is 0 Å². The molecular weight excluding hydrogens is 284 g/mol. The molecule has 0 radical (unpaired) electrons. The zero-order chi connectivity index (χ0) is 13.9. The Morgan fingerprint density at radius 2 is 2.21 bits per heavy atom. The van der Waals surface area contributed by atoms with Crippen LogP contribution >= 0.6 is 23.8 Å². The van der Waals surface area contributed by atoms with Crippen molar-refractivity contribution < 1.29 is 9.53 Å². The molecule has 1 amide bonds. The Bertz CT molecular complexity index is 462. The Balaban J connectivity index is 2.15. The maximum absolute atomic E-state index is 11.4. The highest BCUT2D eigenvalue weighted by molar-refractivity contribution is 7.78. The van der Waals surface area contributed by atoms with Gasteiger partial charge in [-0.05, 0) is 31.1 Å². The molecule has 19 heavy (non-hydrogen) atoms. The van der Waals surface area contributed by atoms with E-state index in [1.807, 2.05) is 18.2 Å². The van der Waals surface area contributed by atoms with Crippen LogP contribution in [0.1, 0.15) is 18.4 Å². The van der Waals surface area contributed by atoms with Gasteiger partial charge in [-0.3, -0.25) is 0 Å². The Hall–Kier alpha value is -1.42. The van der Waals surface area contributed by atoms with Gasteiger partial charge in [0.05, 0.1) is 5.16 Å².